The summed E-state index contributed by atoms with van der Waals surface area (Å²) in [4.78, 5) is 0. The predicted octanol–water partition coefficient (Wildman–Crippen LogP) is 2.62. The first-order chi connectivity index (χ1) is 10.6. The van der Waals surface area contributed by atoms with Crippen molar-refractivity contribution in [2.45, 2.75) is 24.6 Å². The molecule has 0 saturated carbocycles. The lowest BCUT2D eigenvalue weighted by molar-refractivity contribution is 0.278. The van der Waals surface area contributed by atoms with Crippen LogP contribution in [0, 0.1) is 0 Å². The van der Waals surface area contributed by atoms with Gasteiger partial charge in [0, 0.05) is 12.6 Å². The topological polar surface area (TPSA) is 66.4 Å². The van der Waals surface area contributed by atoms with E-state index in [1.54, 1.807) is 12.1 Å². The molecule has 0 aromatic heterocycles. The highest BCUT2D eigenvalue weighted by molar-refractivity contribution is 7.88. The summed E-state index contributed by atoms with van der Waals surface area (Å²) in [5, 5.41) is 9.02. The molecule has 2 aromatic carbocycles. The Morgan fingerprint density at radius 1 is 0.955 bits per heavy atom. The highest BCUT2D eigenvalue weighted by atomic mass is 32.2. The summed E-state index contributed by atoms with van der Waals surface area (Å²) in [6, 6.07) is 18.2. The summed E-state index contributed by atoms with van der Waals surface area (Å²) < 4.78 is 27.5. The molecule has 2 aromatic rings. The Hall–Kier alpha value is -1.69. The standard InChI is InChI=1S/C17H21NO3S/c19-13-7-12-17(16-10-5-2-6-11-16)18-22(20,21)14-15-8-3-1-4-9-15/h1-6,8-11,17-19H,7,12-14H2/t17-/m0/s1. The molecule has 2 N–H and O–H groups in total. The van der Waals surface area contributed by atoms with E-state index in [2.05, 4.69) is 4.72 Å². The largest absolute Gasteiger partial charge is 0.396 e. The van der Waals surface area contributed by atoms with Crippen molar-refractivity contribution >= 4 is 10.0 Å². The minimum Gasteiger partial charge on any atom is -0.396 e. The van der Waals surface area contributed by atoms with Crippen molar-refractivity contribution in [3.63, 3.8) is 0 Å². The molecule has 0 aliphatic heterocycles. The summed E-state index contributed by atoms with van der Waals surface area (Å²) in [5.74, 6) is -0.0453. The molecule has 2 rings (SSSR count). The zero-order valence-corrected chi connectivity index (χ0v) is 13.2. The molecule has 0 saturated heterocycles. The fourth-order valence-corrected chi connectivity index (χ4v) is 3.73. The van der Waals surface area contributed by atoms with Gasteiger partial charge in [0.25, 0.3) is 0 Å². The Kier molecular flexibility index (Phi) is 6.12. The zero-order chi connectivity index (χ0) is 15.8. The maximum Gasteiger partial charge on any atom is 0.216 e. The van der Waals surface area contributed by atoms with Gasteiger partial charge >= 0.3 is 0 Å². The van der Waals surface area contributed by atoms with Gasteiger partial charge in [-0.2, -0.15) is 0 Å². The number of aliphatic hydroxyl groups excluding tert-OH is 1. The lowest BCUT2D eigenvalue weighted by Crippen LogP contribution is -2.30. The number of aliphatic hydroxyl groups is 1. The van der Waals surface area contributed by atoms with E-state index in [9.17, 15) is 8.42 Å². The quantitative estimate of drug-likeness (QED) is 0.786. The molecule has 0 aliphatic carbocycles. The first kappa shape index (κ1) is 16.7. The summed E-state index contributed by atoms with van der Waals surface area (Å²) >= 11 is 0. The number of rotatable bonds is 8. The Morgan fingerprint density at radius 2 is 1.55 bits per heavy atom. The second kappa shape index (κ2) is 8.08. The van der Waals surface area contributed by atoms with Crippen molar-refractivity contribution < 1.29 is 13.5 Å². The predicted molar refractivity (Wildman–Crippen MR) is 87.7 cm³/mol. The van der Waals surface area contributed by atoms with Gasteiger partial charge in [0.05, 0.1) is 5.75 Å². The molecule has 0 fully saturated rings. The molecule has 0 bridgehead atoms. The van der Waals surface area contributed by atoms with E-state index in [1.807, 2.05) is 48.5 Å². The van der Waals surface area contributed by atoms with Crippen molar-refractivity contribution in [2.24, 2.45) is 0 Å². The van der Waals surface area contributed by atoms with Crippen LogP contribution in [0.15, 0.2) is 60.7 Å². The van der Waals surface area contributed by atoms with Gasteiger partial charge < -0.3 is 5.11 Å². The molecule has 1 atom stereocenters. The molecule has 0 spiro atoms. The van der Waals surface area contributed by atoms with Crippen LogP contribution in [-0.4, -0.2) is 20.1 Å². The van der Waals surface area contributed by atoms with Crippen LogP contribution in [0.5, 0.6) is 0 Å². The van der Waals surface area contributed by atoms with Crippen LogP contribution in [0.25, 0.3) is 0 Å². The van der Waals surface area contributed by atoms with E-state index in [4.69, 9.17) is 5.11 Å². The van der Waals surface area contributed by atoms with Gasteiger partial charge in [-0.15, -0.1) is 0 Å². The number of nitrogens with one attached hydrogen (secondary N) is 1. The smallest absolute Gasteiger partial charge is 0.216 e. The van der Waals surface area contributed by atoms with Crippen LogP contribution in [-0.2, 0) is 15.8 Å². The molecule has 5 heteroatoms. The van der Waals surface area contributed by atoms with Gasteiger partial charge in [0.2, 0.25) is 10.0 Å². The van der Waals surface area contributed by atoms with E-state index in [0.29, 0.717) is 12.8 Å². The van der Waals surface area contributed by atoms with Crippen LogP contribution in [0.1, 0.15) is 30.0 Å². The monoisotopic (exact) mass is 319 g/mol. The highest BCUT2D eigenvalue weighted by Gasteiger charge is 2.19. The number of sulfonamides is 1. The Balaban J connectivity index is 2.12. The van der Waals surface area contributed by atoms with Gasteiger partial charge in [-0.05, 0) is 24.0 Å². The second-order valence-electron chi connectivity index (χ2n) is 5.19. The number of benzene rings is 2. The fraction of sp³-hybridized carbons (Fsp3) is 0.294. The molecule has 0 amide bonds. The van der Waals surface area contributed by atoms with E-state index in [0.717, 1.165) is 11.1 Å². The van der Waals surface area contributed by atoms with Gasteiger partial charge in [0.1, 0.15) is 0 Å². The normalized spacial score (nSPS) is 13.0. The van der Waals surface area contributed by atoms with Crippen LogP contribution in [0.2, 0.25) is 0 Å². The Labute approximate surface area is 131 Å². The molecule has 0 unspecified atom stereocenters. The SMILES string of the molecule is O=S(=O)(Cc1ccccc1)N[C@@H](CCCO)c1ccccc1. The van der Waals surface area contributed by atoms with Gasteiger partial charge in [0.15, 0.2) is 0 Å². The van der Waals surface area contributed by atoms with Crippen LogP contribution >= 0.6 is 0 Å². The first-order valence-corrected chi connectivity index (χ1v) is 8.96. The number of hydrogen-bond acceptors (Lipinski definition) is 3. The van der Waals surface area contributed by atoms with Crippen molar-refractivity contribution in [3.8, 4) is 0 Å². The van der Waals surface area contributed by atoms with Gasteiger partial charge in [-0.1, -0.05) is 60.7 Å². The fourth-order valence-electron chi connectivity index (χ4n) is 2.33. The molecule has 4 nitrogen and oxygen atoms in total. The van der Waals surface area contributed by atoms with Crippen molar-refractivity contribution in [1.29, 1.82) is 0 Å². The molecule has 0 radical (unpaired) electrons. The van der Waals surface area contributed by atoms with Crippen LogP contribution < -0.4 is 4.72 Å². The lowest BCUT2D eigenvalue weighted by Gasteiger charge is -2.19. The van der Waals surface area contributed by atoms with Crippen molar-refractivity contribution in [1.82, 2.24) is 4.72 Å². The van der Waals surface area contributed by atoms with Gasteiger partial charge in [-0.25, -0.2) is 13.1 Å². The summed E-state index contributed by atoms with van der Waals surface area (Å²) in [6.45, 7) is 0.0454. The average molecular weight is 319 g/mol. The Morgan fingerprint density at radius 3 is 2.14 bits per heavy atom. The number of hydrogen-bond donors (Lipinski definition) is 2. The summed E-state index contributed by atoms with van der Waals surface area (Å²) in [5.41, 5.74) is 1.66. The third-order valence-electron chi connectivity index (χ3n) is 3.37. The third-order valence-corrected chi connectivity index (χ3v) is 4.73. The highest BCUT2D eigenvalue weighted by Crippen LogP contribution is 2.20. The molecule has 22 heavy (non-hydrogen) atoms. The van der Waals surface area contributed by atoms with Crippen molar-refractivity contribution in [3.05, 3.63) is 71.8 Å². The molecular weight excluding hydrogens is 298 g/mol. The summed E-state index contributed by atoms with van der Waals surface area (Å²) in [7, 11) is -3.44. The van der Waals surface area contributed by atoms with Crippen molar-refractivity contribution in [2.75, 3.05) is 6.61 Å². The second-order valence-corrected chi connectivity index (χ2v) is 6.95. The third kappa shape index (κ3) is 5.26. The van der Waals surface area contributed by atoms with Crippen LogP contribution in [0.4, 0.5) is 0 Å². The van der Waals surface area contributed by atoms with E-state index >= 15 is 0 Å². The maximum atomic E-state index is 12.4. The average Bonchev–Trinajstić information content (AvgIpc) is 2.53. The van der Waals surface area contributed by atoms with E-state index < -0.39 is 10.0 Å². The Bertz CT molecular complexity index is 657. The minimum absolute atomic E-state index is 0.0453. The lowest BCUT2D eigenvalue weighted by atomic mass is 10.0. The minimum atomic E-state index is -3.44. The molecular formula is C17H21NO3S. The molecule has 0 heterocycles. The van der Waals surface area contributed by atoms with Gasteiger partial charge in [-0.3, -0.25) is 0 Å². The van der Waals surface area contributed by atoms with Crippen LogP contribution in [0.3, 0.4) is 0 Å². The first-order valence-electron chi connectivity index (χ1n) is 7.30. The zero-order valence-electron chi connectivity index (χ0n) is 12.4. The molecule has 0 aliphatic rings. The van der Waals surface area contributed by atoms with E-state index in [1.165, 1.54) is 0 Å². The maximum absolute atomic E-state index is 12.4. The summed E-state index contributed by atoms with van der Waals surface area (Å²) in [6.07, 6.45) is 1.11. The molecule has 118 valence electrons. The van der Waals surface area contributed by atoms with E-state index in [-0.39, 0.29) is 18.4 Å².